The summed E-state index contributed by atoms with van der Waals surface area (Å²) in [7, 11) is 0. The van der Waals surface area contributed by atoms with Gasteiger partial charge in [0.1, 0.15) is 0 Å². The van der Waals surface area contributed by atoms with Gasteiger partial charge in [0.05, 0.1) is 13.2 Å². The fraction of sp³-hybridized carbons (Fsp3) is 0.870. The molecule has 0 aliphatic rings. The zero-order chi connectivity index (χ0) is 20.0. The molecule has 0 aromatic rings. The third-order valence-electron chi connectivity index (χ3n) is 5.02. The second-order valence-electron chi connectivity index (χ2n) is 7.65. The summed E-state index contributed by atoms with van der Waals surface area (Å²) < 4.78 is 5.14. The van der Waals surface area contributed by atoms with E-state index < -0.39 is 0 Å². The monoisotopic (exact) mass is 381 g/mol. The summed E-state index contributed by atoms with van der Waals surface area (Å²) >= 11 is 0. The average molecular weight is 382 g/mol. The lowest BCUT2D eigenvalue weighted by molar-refractivity contribution is -0.139. The smallest absolute Gasteiger partial charge is 0.333 e. The summed E-state index contributed by atoms with van der Waals surface area (Å²) in [4.78, 5) is 21.6. The number of hydrogen-bond donors (Lipinski definition) is 0. The Hall–Kier alpha value is -1.19. The van der Waals surface area contributed by atoms with Crippen LogP contribution in [-0.4, -0.2) is 19.1 Å². The minimum Gasteiger partial charge on any atom is -0.462 e. The van der Waals surface area contributed by atoms with Gasteiger partial charge in [-0.05, 0) is 6.42 Å². The van der Waals surface area contributed by atoms with Crippen LogP contribution < -0.4 is 0 Å². The maximum absolute atomic E-state index is 11.5. The molecule has 158 valence electrons. The first-order chi connectivity index (χ1) is 13.2. The number of carbonyl (C=O) groups excluding carboxylic acids is 1. The molecule has 0 aromatic heterocycles. The van der Waals surface area contributed by atoms with Crippen molar-refractivity contribution in [2.24, 2.45) is 5.18 Å². The summed E-state index contributed by atoms with van der Waals surface area (Å²) in [5.74, 6) is -0.389. The summed E-state index contributed by atoms with van der Waals surface area (Å²) in [5, 5.41) is 2.72. The number of hydrogen-bond acceptors (Lipinski definition) is 4. The summed E-state index contributed by atoms with van der Waals surface area (Å²) in [6.45, 7) is 6.43. The van der Waals surface area contributed by atoms with Crippen LogP contribution in [0.15, 0.2) is 17.3 Å². The van der Waals surface area contributed by atoms with Gasteiger partial charge in [-0.25, -0.2) is 4.79 Å². The Morgan fingerprint density at radius 3 is 1.56 bits per heavy atom. The van der Waals surface area contributed by atoms with Gasteiger partial charge in [0.25, 0.3) is 0 Å². The van der Waals surface area contributed by atoms with E-state index in [1.54, 1.807) is 0 Å². The van der Waals surface area contributed by atoms with Crippen LogP contribution in [0.1, 0.15) is 116 Å². The average Bonchev–Trinajstić information content (AvgIpc) is 2.68. The van der Waals surface area contributed by atoms with E-state index in [1.807, 2.05) is 0 Å². The van der Waals surface area contributed by atoms with Crippen molar-refractivity contribution >= 4 is 5.97 Å². The van der Waals surface area contributed by atoms with Crippen molar-refractivity contribution in [3.63, 3.8) is 0 Å². The van der Waals surface area contributed by atoms with Gasteiger partial charge in [-0.3, -0.25) is 0 Å². The first-order valence-corrected chi connectivity index (χ1v) is 11.4. The van der Waals surface area contributed by atoms with Crippen LogP contribution in [0.5, 0.6) is 0 Å². The third-order valence-corrected chi connectivity index (χ3v) is 5.02. The maximum atomic E-state index is 11.5. The highest BCUT2D eigenvalue weighted by Crippen LogP contribution is 2.13. The van der Waals surface area contributed by atoms with Crippen LogP contribution in [0, 0.1) is 4.91 Å². The molecule has 0 atom stereocenters. The first-order valence-electron chi connectivity index (χ1n) is 11.4. The standard InChI is InChI=1S/C23H43NO3/c1-3-4-5-6-7-8-9-10-11-12-13-14-15-16-17-18-21-27-23(25)22(2)19-20-24-26/h2-21H2,1H3. The minimum atomic E-state index is -0.389. The van der Waals surface area contributed by atoms with Crippen LogP contribution >= 0.6 is 0 Å². The first kappa shape index (κ1) is 25.8. The Kier molecular flexibility index (Phi) is 20.2. The topological polar surface area (TPSA) is 55.7 Å². The highest BCUT2D eigenvalue weighted by molar-refractivity contribution is 5.87. The van der Waals surface area contributed by atoms with Crippen molar-refractivity contribution in [3.8, 4) is 0 Å². The van der Waals surface area contributed by atoms with Gasteiger partial charge in [-0.15, -0.1) is 0 Å². The molecule has 0 N–H and O–H groups in total. The largest absolute Gasteiger partial charge is 0.462 e. The second kappa shape index (κ2) is 21.1. The van der Waals surface area contributed by atoms with Crippen LogP contribution in [0.4, 0.5) is 0 Å². The number of unbranched alkanes of at least 4 members (excludes halogenated alkanes) is 15. The second-order valence-corrected chi connectivity index (χ2v) is 7.65. The number of nitroso groups, excluding NO2 is 1. The van der Waals surface area contributed by atoms with Gasteiger partial charge >= 0.3 is 5.97 Å². The molecule has 0 fully saturated rings. The zero-order valence-electron chi connectivity index (χ0n) is 17.8. The van der Waals surface area contributed by atoms with Gasteiger partial charge < -0.3 is 4.74 Å². The van der Waals surface area contributed by atoms with Crippen LogP contribution in [0.25, 0.3) is 0 Å². The molecule has 0 saturated heterocycles. The van der Waals surface area contributed by atoms with E-state index in [0.717, 1.165) is 12.8 Å². The molecule has 27 heavy (non-hydrogen) atoms. The molecule has 0 heterocycles. The molecule has 4 heteroatoms. The predicted octanol–water partition coefficient (Wildman–Crippen LogP) is 7.50. The molecule has 0 unspecified atom stereocenters. The van der Waals surface area contributed by atoms with Gasteiger partial charge in [0.15, 0.2) is 0 Å². The van der Waals surface area contributed by atoms with Crippen molar-refractivity contribution < 1.29 is 9.53 Å². The highest BCUT2D eigenvalue weighted by Gasteiger charge is 2.07. The van der Waals surface area contributed by atoms with Gasteiger partial charge in [-0.1, -0.05) is 115 Å². The number of carbonyl (C=O) groups is 1. The lowest BCUT2D eigenvalue weighted by Crippen LogP contribution is -2.09. The maximum Gasteiger partial charge on any atom is 0.333 e. The predicted molar refractivity (Wildman–Crippen MR) is 115 cm³/mol. The van der Waals surface area contributed by atoms with E-state index in [4.69, 9.17) is 4.74 Å². The molecule has 0 saturated carbocycles. The molecule has 0 radical (unpaired) electrons. The Labute approximate surface area is 167 Å². The van der Waals surface area contributed by atoms with Gasteiger partial charge in [0.2, 0.25) is 0 Å². The van der Waals surface area contributed by atoms with E-state index in [-0.39, 0.29) is 12.5 Å². The van der Waals surface area contributed by atoms with Gasteiger partial charge in [0, 0.05) is 12.0 Å². The Morgan fingerprint density at radius 2 is 1.15 bits per heavy atom. The molecule has 4 nitrogen and oxygen atoms in total. The molecule has 0 rings (SSSR count). The molecule has 0 aliphatic carbocycles. The van der Waals surface area contributed by atoms with E-state index in [9.17, 15) is 9.70 Å². The fourth-order valence-corrected chi connectivity index (χ4v) is 3.20. The fourth-order valence-electron chi connectivity index (χ4n) is 3.20. The summed E-state index contributed by atoms with van der Waals surface area (Å²) in [6.07, 6.45) is 21.5. The third kappa shape index (κ3) is 19.4. The Bertz CT molecular complexity index is 369. The van der Waals surface area contributed by atoms with E-state index in [0.29, 0.717) is 18.6 Å². The molecule has 0 bridgehead atoms. The SMILES string of the molecule is C=C(CCN=O)C(=O)OCCCCCCCCCCCCCCCCCC. The van der Waals surface area contributed by atoms with Crippen LogP contribution in [0.2, 0.25) is 0 Å². The molecule has 0 amide bonds. The number of ether oxygens (including phenoxy) is 1. The Morgan fingerprint density at radius 1 is 0.741 bits per heavy atom. The molecular formula is C23H43NO3. The number of esters is 1. The molecule has 0 spiro atoms. The van der Waals surface area contributed by atoms with Crippen molar-refractivity contribution in [2.75, 3.05) is 13.2 Å². The van der Waals surface area contributed by atoms with Crippen molar-refractivity contribution in [1.29, 1.82) is 0 Å². The zero-order valence-corrected chi connectivity index (χ0v) is 17.8. The lowest BCUT2D eigenvalue weighted by Gasteiger charge is -2.06. The van der Waals surface area contributed by atoms with Gasteiger partial charge in [-0.2, -0.15) is 4.91 Å². The summed E-state index contributed by atoms with van der Waals surface area (Å²) in [6, 6.07) is 0. The molecule has 0 aliphatic heterocycles. The highest BCUT2D eigenvalue weighted by atomic mass is 16.5. The molecular weight excluding hydrogens is 338 g/mol. The van der Waals surface area contributed by atoms with E-state index in [2.05, 4.69) is 18.7 Å². The Balaban J connectivity index is 3.17. The van der Waals surface area contributed by atoms with Crippen LogP contribution in [-0.2, 0) is 9.53 Å². The molecule has 0 aromatic carbocycles. The lowest BCUT2D eigenvalue weighted by atomic mass is 10.0. The van der Waals surface area contributed by atoms with Crippen molar-refractivity contribution in [3.05, 3.63) is 17.1 Å². The van der Waals surface area contributed by atoms with Crippen molar-refractivity contribution in [2.45, 2.75) is 116 Å². The summed E-state index contributed by atoms with van der Waals surface area (Å²) in [5.41, 5.74) is 0.339. The van der Waals surface area contributed by atoms with E-state index in [1.165, 1.54) is 89.9 Å². The minimum absolute atomic E-state index is 0.0903. The van der Waals surface area contributed by atoms with E-state index >= 15 is 0 Å². The number of nitrogens with zero attached hydrogens (tertiary/aromatic N) is 1. The normalized spacial score (nSPS) is 10.7. The van der Waals surface area contributed by atoms with Crippen molar-refractivity contribution in [1.82, 2.24) is 0 Å². The number of rotatable bonds is 21. The van der Waals surface area contributed by atoms with Crippen LogP contribution in [0.3, 0.4) is 0 Å². The quantitative estimate of drug-likeness (QED) is 0.0894.